The van der Waals surface area contributed by atoms with Crippen LogP contribution >= 0.6 is 0 Å². The van der Waals surface area contributed by atoms with Gasteiger partial charge in [0.15, 0.2) is 0 Å². The van der Waals surface area contributed by atoms with Gasteiger partial charge in [-0.3, -0.25) is 4.79 Å². The van der Waals surface area contributed by atoms with Gasteiger partial charge in [-0.25, -0.2) is 0 Å². The van der Waals surface area contributed by atoms with E-state index in [1.807, 2.05) is 31.2 Å². The average Bonchev–Trinajstić information content (AvgIpc) is 2.38. The lowest BCUT2D eigenvalue weighted by Crippen LogP contribution is -2.33. The minimum Gasteiger partial charge on any atom is -0.352 e. The summed E-state index contributed by atoms with van der Waals surface area (Å²) in [4.78, 5) is 11.9. The fourth-order valence-electron chi connectivity index (χ4n) is 2.09. The Morgan fingerprint density at radius 1 is 1.26 bits per heavy atom. The molecule has 1 atom stereocenters. The Balaban J connectivity index is 2.05. The number of hydrogen-bond donors (Lipinski definition) is 1. The molecule has 96 valence electrons. The van der Waals surface area contributed by atoms with Crippen LogP contribution in [0.5, 0.6) is 0 Å². The van der Waals surface area contributed by atoms with Gasteiger partial charge in [-0.2, -0.15) is 0 Å². The third-order valence-corrected chi connectivity index (χ3v) is 3.01. The first-order chi connectivity index (χ1) is 9.19. The highest BCUT2D eigenvalue weighted by Gasteiger charge is 2.07. The smallest absolute Gasteiger partial charge is 0.224 e. The molecule has 0 aromatic heterocycles. The number of carbonyl (C=O) groups is 1. The Morgan fingerprint density at radius 2 is 2.00 bits per heavy atom. The van der Waals surface area contributed by atoms with Crippen molar-refractivity contribution in [3.8, 4) is 12.3 Å². The summed E-state index contributed by atoms with van der Waals surface area (Å²) in [6.07, 6.45) is 6.17. The van der Waals surface area contributed by atoms with Gasteiger partial charge in [0, 0.05) is 12.5 Å². The van der Waals surface area contributed by atoms with E-state index in [0.29, 0.717) is 12.8 Å². The van der Waals surface area contributed by atoms with Gasteiger partial charge in [0.1, 0.15) is 0 Å². The van der Waals surface area contributed by atoms with Crippen molar-refractivity contribution in [2.75, 3.05) is 0 Å². The van der Waals surface area contributed by atoms with Gasteiger partial charge >= 0.3 is 0 Å². The minimum atomic E-state index is 0.0121. The van der Waals surface area contributed by atoms with Crippen molar-refractivity contribution in [3.05, 3.63) is 48.0 Å². The minimum absolute atomic E-state index is 0.0121. The number of nitrogens with one attached hydrogen (secondary N) is 1. The summed E-state index contributed by atoms with van der Waals surface area (Å²) in [7, 11) is 0. The van der Waals surface area contributed by atoms with Crippen molar-refractivity contribution >= 4 is 16.7 Å². The van der Waals surface area contributed by atoms with Gasteiger partial charge in [0.25, 0.3) is 0 Å². The zero-order valence-electron chi connectivity index (χ0n) is 11.0. The molecule has 0 aliphatic rings. The first-order valence-corrected chi connectivity index (χ1v) is 6.39. The molecule has 0 aliphatic heterocycles. The second-order valence-electron chi connectivity index (χ2n) is 4.74. The summed E-state index contributed by atoms with van der Waals surface area (Å²) in [6.45, 7) is 1.91. The second-order valence-corrected chi connectivity index (χ2v) is 4.74. The van der Waals surface area contributed by atoms with Crippen molar-refractivity contribution in [2.45, 2.75) is 25.8 Å². The number of carbonyl (C=O) groups excluding carboxylic acids is 1. The summed E-state index contributed by atoms with van der Waals surface area (Å²) in [5.41, 5.74) is 1.02. The molecule has 2 heteroatoms. The molecule has 1 amide bonds. The van der Waals surface area contributed by atoms with Crippen LogP contribution in [0.25, 0.3) is 10.8 Å². The maximum absolute atomic E-state index is 11.9. The van der Waals surface area contributed by atoms with Gasteiger partial charge in [-0.15, -0.1) is 12.3 Å². The summed E-state index contributed by atoms with van der Waals surface area (Å²) in [5, 5.41) is 5.24. The third-order valence-electron chi connectivity index (χ3n) is 3.01. The van der Waals surface area contributed by atoms with Crippen molar-refractivity contribution in [1.29, 1.82) is 0 Å². The molecule has 0 saturated heterocycles. The topological polar surface area (TPSA) is 29.1 Å². The molecule has 2 aromatic rings. The molecule has 0 bridgehead atoms. The van der Waals surface area contributed by atoms with Crippen molar-refractivity contribution in [1.82, 2.24) is 5.32 Å². The van der Waals surface area contributed by atoms with Crippen LogP contribution < -0.4 is 5.32 Å². The summed E-state index contributed by atoms with van der Waals surface area (Å²) in [6, 6.07) is 14.2. The number of terminal acetylenes is 1. The van der Waals surface area contributed by atoms with Crippen LogP contribution in [0.2, 0.25) is 0 Å². The first kappa shape index (κ1) is 13.2. The maximum Gasteiger partial charge on any atom is 0.224 e. The van der Waals surface area contributed by atoms with Crippen molar-refractivity contribution in [2.24, 2.45) is 0 Å². The summed E-state index contributed by atoms with van der Waals surface area (Å²) >= 11 is 0. The number of hydrogen-bond acceptors (Lipinski definition) is 1. The van der Waals surface area contributed by atoms with E-state index < -0.39 is 0 Å². The van der Waals surface area contributed by atoms with Gasteiger partial charge in [-0.1, -0.05) is 42.5 Å². The van der Waals surface area contributed by atoms with E-state index in [9.17, 15) is 4.79 Å². The first-order valence-electron chi connectivity index (χ1n) is 6.39. The molecule has 1 N–H and O–H groups in total. The number of benzene rings is 2. The quantitative estimate of drug-likeness (QED) is 0.832. The lowest BCUT2D eigenvalue weighted by molar-refractivity contribution is -0.121. The molecule has 0 saturated carbocycles. The molecule has 2 aromatic carbocycles. The summed E-state index contributed by atoms with van der Waals surface area (Å²) < 4.78 is 0. The lowest BCUT2D eigenvalue weighted by Gasteiger charge is -2.11. The largest absolute Gasteiger partial charge is 0.352 e. The molecule has 0 spiro atoms. The SMILES string of the molecule is C#CCC(C)NC(=O)Cc1ccc2ccccc2c1. The molecular formula is C17H17NO. The Hall–Kier alpha value is -2.27. The van der Waals surface area contributed by atoms with Crippen LogP contribution in [0.3, 0.4) is 0 Å². The third kappa shape index (κ3) is 3.59. The Labute approximate surface area is 113 Å². The van der Waals surface area contributed by atoms with E-state index in [-0.39, 0.29) is 11.9 Å². The van der Waals surface area contributed by atoms with Crippen LogP contribution in [-0.4, -0.2) is 11.9 Å². The highest BCUT2D eigenvalue weighted by atomic mass is 16.1. The van der Waals surface area contributed by atoms with Gasteiger partial charge in [-0.05, 0) is 23.3 Å². The predicted molar refractivity (Wildman–Crippen MR) is 78.7 cm³/mol. The van der Waals surface area contributed by atoms with E-state index in [1.165, 1.54) is 5.39 Å². The summed E-state index contributed by atoms with van der Waals surface area (Å²) in [5.74, 6) is 2.56. The molecule has 1 unspecified atom stereocenters. The molecular weight excluding hydrogens is 234 g/mol. The van der Waals surface area contributed by atoms with E-state index in [2.05, 4.69) is 29.4 Å². The molecule has 0 radical (unpaired) electrons. The monoisotopic (exact) mass is 251 g/mol. The fraction of sp³-hybridized carbons (Fsp3) is 0.235. The molecule has 19 heavy (non-hydrogen) atoms. The van der Waals surface area contributed by atoms with Gasteiger partial charge in [0.2, 0.25) is 5.91 Å². The van der Waals surface area contributed by atoms with Crippen LogP contribution in [0.4, 0.5) is 0 Å². The van der Waals surface area contributed by atoms with Gasteiger partial charge < -0.3 is 5.32 Å². The lowest BCUT2D eigenvalue weighted by atomic mass is 10.0. The van der Waals surface area contributed by atoms with Crippen molar-refractivity contribution < 1.29 is 4.79 Å². The van der Waals surface area contributed by atoms with E-state index in [4.69, 9.17) is 6.42 Å². The number of fused-ring (bicyclic) bond motifs is 1. The molecule has 0 heterocycles. The highest BCUT2D eigenvalue weighted by molar-refractivity contribution is 5.85. The Morgan fingerprint density at radius 3 is 2.74 bits per heavy atom. The molecule has 2 nitrogen and oxygen atoms in total. The predicted octanol–water partition coefficient (Wildman–Crippen LogP) is 2.91. The van der Waals surface area contributed by atoms with Crippen LogP contribution in [0.15, 0.2) is 42.5 Å². The van der Waals surface area contributed by atoms with Crippen LogP contribution in [0.1, 0.15) is 18.9 Å². The maximum atomic E-state index is 11.9. The highest BCUT2D eigenvalue weighted by Crippen LogP contribution is 2.15. The normalized spacial score (nSPS) is 11.8. The van der Waals surface area contributed by atoms with Crippen molar-refractivity contribution in [3.63, 3.8) is 0 Å². The average molecular weight is 251 g/mol. The number of rotatable bonds is 4. The van der Waals surface area contributed by atoms with Crippen LogP contribution in [0, 0.1) is 12.3 Å². The molecule has 2 rings (SSSR count). The zero-order chi connectivity index (χ0) is 13.7. The van der Waals surface area contributed by atoms with E-state index in [1.54, 1.807) is 0 Å². The van der Waals surface area contributed by atoms with E-state index in [0.717, 1.165) is 10.9 Å². The van der Waals surface area contributed by atoms with Gasteiger partial charge in [0.05, 0.1) is 6.42 Å². The Bertz CT molecular complexity index is 624. The van der Waals surface area contributed by atoms with E-state index >= 15 is 0 Å². The van der Waals surface area contributed by atoms with Crippen LogP contribution in [-0.2, 0) is 11.2 Å². The standard InChI is InChI=1S/C17H17NO/c1-3-6-13(2)18-17(19)12-14-9-10-15-7-4-5-8-16(15)11-14/h1,4-5,7-11,13H,6,12H2,2H3,(H,18,19). The second kappa shape index (κ2) is 6.06. The molecule has 0 aliphatic carbocycles. The fourth-order valence-corrected chi connectivity index (χ4v) is 2.09. The molecule has 0 fully saturated rings. The Kier molecular flexibility index (Phi) is 4.20. The number of amides is 1. The zero-order valence-corrected chi connectivity index (χ0v) is 11.0.